The molecule has 4 nitrogen and oxygen atoms in total. The maximum Gasteiger partial charge on any atom is 0.115 e. The summed E-state index contributed by atoms with van der Waals surface area (Å²) in [6.07, 6.45) is -1.17. The van der Waals surface area contributed by atoms with Crippen LogP contribution in [0.1, 0.15) is 6.92 Å². The van der Waals surface area contributed by atoms with Gasteiger partial charge in [-0.15, -0.1) is 0 Å². The summed E-state index contributed by atoms with van der Waals surface area (Å²) in [4.78, 5) is 0. The van der Waals surface area contributed by atoms with Crippen LogP contribution in [-0.2, 0) is 9.47 Å². The first-order valence-corrected chi connectivity index (χ1v) is 3.84. The van der Waals surface area contributed by atoms with Crippen molar-refractivity contribution in [1.29, 1.82) is 0 Å². The first-order chi connectivity index (χ1) is 5.24. The summed E-state index contributed by atoms with van der Waals surface area (Å²) in [6.45, 7) is 1.75. The quantitative estimate of drug-likeness (QED) is 0.478. The highest BCUT2D eigenvalue weighted by atomic mass is 16.7. The van der Waals surface area contributed by atoms with Gasteiger partial charge in [0.15, 0.2) is 0 Å². The highest BCUT2D eigenvalue weighted by Gasteiger charge is 2.55. The lowest BCUT2D eigenvalue weighted by Crippen LogP contribution is -2.44. The predicted octanol–water partition coefficient (Wildman–Crippen LogP) is -1.11. The van der Waals surface area contributed by atoms with Gasteiger partial charge in [-0.1, -0.05) is 0 Å². The summed E-state index contributed by atoms with van der Waals surface area (Å²) in [5, 5.41) is 18.2. The maximum absolute atomic E-state index is 9.37. The molecule has 2 aliphatic heterocycles. The minimum atomic E-state index is -0.525. The minimum Gasteiger partial charge on any atom is -0.394 e. The van der Waals surface area contributed by atoms with E-state index in [-0.39, 0.29) is 31.0 Å². The SMILES string of the molecule is C[C@H]1OC(CO)C2O[C@@H]2C1O. The average molecular weight is 160 g/mol. The summed E-state index contributed by atoms with van der Waals surface area (Å²) in [6, 6.07) is 0. The molecule has 2 saturated heterocycles. The molecule has 0 spiro atoms. The lowest BCUT2D eigenvalue weighted by molar-refractivity contribution is -0.105. The molecule has 0 aromatic rings. The van der Waals surface area contributed by atoms with Crippen molar-refractivity contribution >= 4 is 0 Å². The Morgan fingerprint density at radius 3 is 2.64 bits per heavy atom. The van der Waals surface area contributed by atoms with Crippen LogP contribution in [0.3, 0.4) is 0 Å². The monoisotopic (exact) mass is 160 g/mol. The molecule has 0 bridgehead atoms. The van der Waals surface area contributed by atoms with Crippen molar-refractivity contribution < 1.29 is 19.7 Å². The fourth-order valence-electron chi connectivity index (χ4n) is 1.56. The van der Waals surface area contributed by atoms with E-state index in [0.717, 1.165) is 0 Å². The van der Waals surface area contributed by atoms with Crippen molar-refractivity contribution in [2.75, 3.05) is 6.61 Å². The summed E-state index contributed by atoms with van der Waals surface area (Å²) >= 11 is 0. The molecule has 3 unspecified atom stereocenters. The number of epoxide rings is 1. The molecule has 5 atom stereocenters. The first kappa shape index (κ1) is 7.49. The summed E-state index contributed by atoms with van der Waals surface area (Å²) < 4.78 is 10.4. The van der Waals surface area contributed by atoms with Gasteiger partial charge in [0.1, 0.15) is 24.4 Å². The van der Waals surface area contributed by atoms with Crippen molar-refractivity contribution in [3.8, 4) is 0 Å². The molecule has 2 aliphatic rings. The van der Waals surface area contributed by atoms with Crippen LogP contribution in [0, 0.1) is 0 Å². The van der Waals surface area contributed by atoms with Crippen LogP contribution in [0.25, 0.3) is 0 Å². The topological polar surface area (TPSA) is 62.2 Å². The predicted molar refractivity (Wildman–Crippen MR) is 36.1 cm³/mol. The Balaban J connectivity index is 2.02. The Labute approximate surface area is 64.7 Å². The van der Waals surface area contributed by atoms with Crippen molar-refractivity contribution in [3.05, 3.63) is 0 Å². The molecule has 0 radical (unpaired) electrons. The van der Waals surface area contributed by atoms with Crippen molar-refractivity contribution in [1.82, 2.24) is 0 Å². The second-order valence-corrected chi connectivity index (χ2v) is 3.12. The van der Waals surface area contributed by atoms with E-state index in [1.54, 1.807) is 6.92 Å². The Morgan fingerprint density at radius 2 is 2.00 bits per heavy atom. The lowest BCUT2D eigenvalue weighted by atomic mass is 10.0. The van der Waals surface area contributed by atoms with Crippen LogP contribution >= 0.6 is 0 Å². The van der Waals surface area contributed by atoms with E-state index < -0.39 is 6.10 Å². The molecular formula is C7H12O4. The van der Waals surface area contributed by atoms with Crippen molar-refractivity contribution in [2.24, 2.45) is 0 Å². The van der Waals surface area contributed by atoms with Gasteiger partial charge in [0.25, 0.3) is 0 Å². The number of aliphatic hydroxyl groups is 2. The molecule has 11 heavy (non-hydrogen) atoms. The largest absolute Gasteiger partial charge is 0.394 e. The Hall–Kier alpha value is -0.160. The zero-order valence-corrected chi connectivity index (χ0v) is 6.30. The van der Waals surface area contributed by atoms with Gasteiger partial charge < -0.3 is 19.7 Å². The Morgan fingerprint density at radius 1 is 1.27 bits per heavy atom. The van der Waals surface area contributed by atoms with Gasteiger partial charge in [0.05, 0.1) is 12.7 Å². The van der Waals surface area contributed by atoms with E-state index in [0.29, 0.717) is 0 Å². The minimum absolute atomic E-state index is 0.0295. The first-order valence-electron chi connectivity index (χ1n) is 3.84. The zero-order valence-electron chi connectivity index (χ0n) is 6.30. The number of ether oxygens (including phenoxy) is 2. The van der Waals surface area contributed by atoms with E-state index in [1.165, 1.54) is 0 Å². The van der Waals surface area contributed by atoms with E-state index in [9.17, 15) is 5.11 Å². The van der Waals surface area contributed by atoms with Gasteiger partial charge in [-0.2, -0.15) is 0 Å². The van der Waals surface area contributed by atoms with E-state index in [2.05, 4.69) is 0 Å². The van der Waals surface area contributed by atoms with E-state index in [4.69, 9.17) is 14.6 Å². The van der Waals surface area contributed by atoms with Gasteiger partial charge >= 0.3 is 0 Å². The maximum atomic E-state index is 9.37. The molecule has 0 aromatic carbocycles. The van der Waals surface area contributed by atoms with E-state index >= 15 is 0 Å². The molecule has 4 heteroatoms. The van der Waals surface area contributed by atoms with Crippen LogP contribution < -0.4 is 0 Å². The fourth-order valence-corrected chi connectivity index (χ4v) is 1.56. The van der Waals surface area contributed by atoms with Gasteiger partial charge in [-0.3, -0.25) is 0 Å². The highest BCUT2D eigenvalue weighted by molar-refractivity contribution is 5.01. The number of hydrogen-bond acceptors (Lipinski definition) is 4. The van der Waals surface area contributed by atoms with Crippen LogP contribution in [-0.4, -0.2) is 47.3 Å². The molecule has 64 valence electrons. The Bertz CT molecular complexity index is 157. The third kappa shape index (κ3) is 1.06. The third-order valence-electron chi connectivity index (χ3n) is 2.31. The number of rotatable bonds is 1. The number of hydrogen-bond donors (Lipinski definition) is 2. The van der Waals surface area contributed by atoms with Crippen molar-refractivity contribution in [2.45, 2.75) is 37.4 Å². The van der Waals surface area contributed by atoms with E-state index in [1.807, 2.05) is 0 Å². The van der Waals surface area contributed by atoms with Gasteiger partial charge in [-0.25, -0.2) is 0 Å². The second-order valence-electron chi connectivity index (χ2n) is 3.12. The van der Waals surface area contributed by atoms with Crippen LogP contribution in [0.2, 0.25) is 0 Å². The van der Waals surface area contributed by atoms with Crippen LogP contribution in [0.15, 0.2) is 0 Å². The number of fused-ring (bicyclic) bond motifs is 1. The third-order valence-corrected chi connectivity index (χ3v) is 2.31. The van der Waals surface area contributed by atoms with Gasteiger partial charge in [-0.05, 0) is 6.92 Å². The Kier molecular flexibility index (Phi) is 1.64. The molecule has 2 heterocycles. The molecule has 2 N–H and O–H groups in total. The highest BCUT2D eigenvalue weighted by Crippen LogP contribution is 2.36. The zero-order chi connectivity index (χ0) is 8.01. The van der Waals surface area contributed by atoms with Crippen LogP contribution in [0.4, 0.5) is 0 Å². The lowest BCUT2D eigenvalue weighted by Gasteiger charge is -2.27. The molecular weight excluding hydrogens is 148 g/mol. The summed E-state index contributed by atoms with van der Waals surface area (Å²) in [5.74, 6) is 0. The smallest absolute Gasteiger partial charge is 0.115 e. The summed E-state index contributed by atoms with van der Waals surface area (Å²) in [7, 11) is 0. The molecule has 0 amide bonds. The molecule has 0 saturated carbocycles. The fraction of sp³-hybridized carbons (Fsp3) is 1.00. The second kappa shape index (κ2) is 2.42. The van der Waals surface area contributed by atoms with Gasteiger partial charge in [0.2, 0.25) is 0 Å². The molecule has 0 aliphatic carbocycles. The van der Waals surface area contributed by atoms with Gasteiger partial charge in [0, 0.05) is 0 Å². The standard InChI is InChI=1S/C7H12O4/c1-3-5(9)7-6(11-7)4(2-8)10-3/h3-9H,2H2,1H3/t3-,4?,5?,6?,7-/m1/s1. The normalized spacial score (nSPS) is 55.4. The summed E-state index contributed by atoms with van der Waals surface area (Å²) in [5.41, 5.74) is 0. The number of aliphatic hydroxyl groups excluding tert-OH is 2. The van der Waals surface area contributed by atoms with Crippen LogP contribution in [0.5, 0.6) is 0 Å². The average Bonchev–Trinajstić information content (AvgIpc) is 2.76. The molecule has 2 fully saturated rings. The van der Waals surface area contributed by atoms with Crippen molar-refractivity contribution in [3.63, 3.8) is 0 Å². The molecule has 2 rings (SSSR count). The molecule has 0 aromatic heterocycles.